The number of imidazole rings is 1. The van der Waals surface area contributed by atoms with E-state index in [0.717, 1.165) is 43.4 Å². The van der Waals surface area contributed by atoms with Crippen molar-refractivity contribution in [3.05, 3.63) is 59.9 Å². The van der Waals surface area contributed by atoms with Crippen LogP contribution in [0.2, 0.25) is 0 Å². The Hall–Kier alpha value is -4.52. The van der Waals surface area contributed by atoms with Gasteiger partial charge in [0.25, 0.3) is 12.3 Å². The van der Waals surface area contributed by atoms with Crippen LogP contribution < -0.4 is 15.5 Å². The maximum atomic E-state index is 15.4. The molecule has 10 nitrogen and oxygen atoms in total. The van der Waals surface area contributed by atoms with E-state index < -0.39 is 29.1 Å². The molecular formula is C39H45F3N8O2. The summed E-state index contributed by atoms with van der Waals surface area (Å²) in [5.41, 5.74) is 1.70. The van der Waals surface area contributed by atoms with Crippen LogP contribution in [0.3, 0.4) is 0 Å². The third kappa shape index (κ3) is 5.62. The van der Waals surface area contributed by atoms with Crippen molar-refractivity contribution in [2.75, 3.05) is 23.3 Å². The molecule has 1 saturated heterocycles. The molecule has 274 valence electrons. The summed E-state index contributed by atoms with van der Waals surface area (Å²) < 4.78 is 44.4. The highest BCUT2D eigenvalue weighted by molar-refractivity contribution is 6.08. The van der Waals surface area contributed by atoms with Crippen LogP contribution in [0, 0.1) is 5.82 Å². The molecule has 2 amide bonds. The fourth-order valence-corrected chi connectivity index (χ4v) is 8.37. The van der Waals surface area contributed by atoms with Crippen LogP contribution in [0.5, 0.6) is 0 Å². The number of benzene rings is 1. The zero-order valence-electron chi connectivity index (χ0n) is 30.3. The number of halogens is 3. The lowest BCUT2D eigenvalue weighted by Gasteiger charge is -2.55. The summed E-state index contributed by atoms with van der Waals surface area (Å²) in [6, 6.07) is 7.60. The summed E-state index contributed by atoms with van der Waals surface area (Å²) in [5, 5.41) is 5.53. The fourth-order valence-electron chi connectivity index (χ4n) is 8.37. The third-order valence-electron chi connectivity index (χ3n) is 11.8. The highest BCUT2D eigenvalue weighted by Crippen LogP contribution is 2.50. The Morgan fingerprint density at radius 2 is 1.73 bits per heavy atom. The van der Waals surface area contributed by atoms with E-state index >= 15 is 4.39 Å². The Morgan fingerprint density at radius 3 is 2.40 bits per heavy atom. The molecule has 5 heterocycles. The molecular weight excluding hydrogens is 669 g/mol. The van der Waals surface area contributed by atoms with Gasteiger partial charge in [-0.15, -0.1) is 0 Å². The number of piperidine rings is 1. The van der Waals surface area contributed by atoms with Crippen LogP contribution in [0.4, 0.5) is 30.4 Å². The molecule has 52 heavy (non-hydrogen) atoms. The van der Waals surface area contributed by atoms with Crippen molar-refractivity contribution in [1.82, 2.24) is 29.7 Å². The molecule has 13 heteroatoms. The first kappa shape index (κ1) is 34.6. The first-order chi connectivity index (χ1) is 24.7. The van der Waals surface area contributed by atoms with Gasteiger partial charge in [-0.25, -0.2) is 23.1 Å². The van der Waals surface area contributed by atoms with Gasteiger partial charge in [0.2, 0.25) is 5.91 Å². The predicted octanol–water partition coefficient (Wildman–Crippen LogP) is 7.52. The molecule has 0 bridgehead atoms. The smallest absolute Gasteiger partial charge is 0.261 e. The number of nitrogens with one attached hydrogen (secondary N) is 2. The molecule has 0 radical (unpaired) electrons. The SMILES string of the molecule is CC(C)n1cnc2cc(-c3cnc4c(c3)N([C@H]3C[C@@](C)(N5CCCCC5)C3)C(=O)C4(C)C)nc(Nc3cc(C(=O)NC4(C(F)F)CC4)ccc3F)c21. The van der Waals surface area contributed by atoms with E-state index in [-0.39, 0.29) is 47.6 Å². The molecule has 2 aliphatic carbocycles. The van der Waals surface area contributed by atoms with Gasteiger partial charge in [0.15, 0.2) is 5.82 Å². The molecule has 2 saturated carbocycles. The number of aromatic nitrogens is 4. The molecule has 4 aromatic rings. The number of anilines is 3. The average Bonchev–Trinajstić information content (AvgIpc) is 3.71. The minimum atomic E-state index is -2.69. The van der Waals surface area contributed by atoms with Crippen molar-refractivity contribution in [3.8, 4) is 11.3 Å². The van der Waals surface area contributed by atoms with Crippen LogP contribution in [0.25, 0.3) is 22.3 Å². The molecule has 0 atom stereocenters. The lowest BCUT2D eigenvalue weighted by atomic mass is 9.71. The van der Waals surface area contributed by atoms with E-state index in [1.54, 1.807) is 12.5 Å². The van der Waals surface area contributed by atoms with E-state index in [1.165, 1.54) is 31.4 Å². The van der Waals surface area contributed by atoms with E-state index in [1.807, 2.05) is 49.3 Å². The second-order valence-corrected chi connectivity index (χ2v) is 16.2. The zero-order valence-corrected chi connectivity index (χ0v) is 30.3. The molecule has 8 rings (SSSR count). The highest BCUT2D eigenvalue weighted by atomic mass is 19.3. The van der Waals surface area contributed by atoms with E-state index in [4.69, 9.17) is 9.97 Å². The first-order valence-corrected chi connectivity index (χ1v) is 18.4. The quantitative estimate of drug-likeness (QED) is 0.185. The molecule has 2 aliphatic heterocycles. The fraction of sp³-hybridized carbons (Fsp3) is 0.513. The molecule has 3 fully saturated rings. The number of carbonyl (C=O) groups is 2. The van der Waals surface area contributed by atoms with Crippen molar-refractivity contribution in [1.29, 1.82) is 0 Å². The number of hydrogen-bond acceptors (Lipinski definition) is 7. The van der Waals surface area contributed by atoms with Crippen LogP contribution in [0.15, 0.2) is 42.9 Å². The summed E-state index contributed by atoms with van der Waals surface area (Å²) >= 11 is 0. The standard InChI is InChI=1S/C39H45F3N8O2/c1-22(2)49-21-44-29-17-27(45-33(31(29)49)46-28-15-23(9-10-26(28)40)34(51)47-39(11-12-39)35(41)42)24-16-30-32(43-20-24)37(3,4)36(52)50(30)25-18-38(5,19-25)48-13-7-6-8-14-48/h9-10,15-17,20-22,25,35H,6-8,11-14,18-19H2,1-5H3,(H,45,46)(H,47,51)/t25-,38+. The maximum Gasteiger partial charge on any atom is 0.261 e. The normalized spacial score (nSPS) is 23.6. The average molecular weight is 715 g/mol. The van der Waals surface area contributed by atoms with E-state index in [9.17, 15) is 18.4 Å². The van der Waals surface area contributed by atoms with Crippen LogP contribution in [0.1, 0.15) is 102 Å². The first-order valence-electron chi connectivity index (χ1n) is 18.4. The van der Waals surface area contributed by atoms with Crippen molar-refractivity contribution in [2.24, 2.45) is 0 Å². The second-order valence-electron chi connectivity index (χ2n) is 16.2. The maximum absolute atomic E-state index is 15.4. The largest absolute Gasteiger partial charge is 0.341 e. The topological polar surface area (TPSA) is 108 Å². The Morgan fingerprint density at radius 1 is 1.00 bits per heavy atom. The summed E-state index contributed by atoms with van der Waals surface area (Å²) in [4.78, 5) is 46.0. The zero-order chi connectivity index (χ0) is 36.7. The minimum Gasteiger partial charge on any atom is -0.341 e. The van der Waals surface area contributed by atoms with Gasteiger partial charge in [-0.2, -0.15) is 0 Å². The Bertz CT molecular complexity index is 2080. The number of rotatable bonds is 9. The summed E-state index contributed by atoms with van der Waals surface area (Å²) in [6.45, 7) is 12.4. The lowest BCUT2D eigenvalue weighted by molar-refractivity contribution is -0.123. The summed E-state index contributed by atoms with van der Waals surface area (Å²) in [6.07, 6.45) is 6.60. The minimum absolute atomic E-state index is 0.00852. The predicted molar refractivity (Wildman–Crippen MR) is 194 cm³/mol. The van der Waals surface area contributed by atoms with Gasteiger partial charge < -0.3 is 20.1 Å². The van der Waals surface area contributed by atoms with E-state index in [2.05, 4.69) is 27.4 Å². The van der Waals surface area contributed by atoms with Gasteiger partial charge in [-0.1, -0.05) is 6.42 Å². The number of pyridine rings is 2. The number of alkyl halides is 2. The number of nitrogens with zero attached hydrogens (tertiary/aromatic N) is 6. The van der Waals surface area contributed by atoms with Crippen molar-refractivity contribution in [3.63, 3.8) is 0 Å². The van der Waals surface area contributed by atoms with Gasteiger partial charge in [0, 0.05) is 34.9 Å². The van der Waals surface area contributed by atoms with Gasteiger partial charge in [-0.3, -0.25) is 19.5 Å². The molecule has 0 unspecified atom stereocenters. The number of carbonyl (C=O) groups excluding carboxylic acids is 2. The Kier molecular flexibility index (Phi) is 8.16. The van der Waals surface area contributed by atoms with Crippen LogP contribution in [-0.4, -0.2) is 72.9 Å². The number of fused-ring (bicyclic) bond motifs is 2. The molecule has 0 spiro atoms. The number of hydrogen-bond donors (Lipinski definition) is 2. The van der Waals surface area contributed by atoms with Gasteiger partial charge in [-0.05, 0) is 117 Å². The number of likely N-dealkylation sites (tertiary alicyclic amines) is 1. The molecule has 4 aliphatic rings. The van der Waals surface area contributed by atoms with Crippen molar-refractivity contribution in [2.45, 2.75) is 115 Å². The van der Waals surface area contributed by atoms with Crippen molar-refractivity contribution >= 4 is 40.0 Å². The Labute approximate surface area is 301 Å². The number of amides is 2. The van der Waals surface area contributed by atoms with E-state index in [0.29, 0.717) is 28.1 Å². The van der Waals surface area contributed by atoms with Gasteiger partial charge in [0.05, 0.1) is 40.0 Å². The lowest BCUT2D eigenvalue weighted by Crippen LogP contribution is -2.64. The van der Waals surface area contributed by atoms with Gasteiger partial charge >= 0.3 is 0 Å². The monoisotopic (exact) mass is 714 g/mol. The van der Waals surface area contributed by atoms with Crippen LogP contribution >= 0.6 is 0 Å². The van der Waals surface area contributed by atoms with Crippen LogP contribution in [-0.2, 0) is 10.2 Å². The van der Waals surface area contributed by atoms with Gasteiger partial charge in [0.1, 0.15) is 16.9 Å². The summed E-state index contributed by atoms with van der Waals surface area (Å²) in [5.74, 6) is -1.00. The Balaban J connectivity index is 1.14. The molecule has 3 aromatic heterocycles. The molecule has 1 aromatic carbocycles. The second kappa shape index (κ2) is 12.3. The summed E-state index contributed by atoms with van der Waals surface area (Å²) in [7, 11) is 0. The molecule has 2 N–H and O–H groups in total. The third-order valence-corrected chi connectivity index (χ3v) is 11.8. The van der Waals surface area contributed by atoms with Crippen molar-refractivity contribution < 1.29 is 22.8 Å². The highest BCUT2D eigenvalue weighted by Gasteiger charge is 2.55.